The standard InChI is InChI=1S/C23H19N3O3/c1-2-29-21-13-11-20(12-14-21)26-23(28)18-7-5-17(6-8-18)22(27)25-19-9-3-16(15-24)4-10-19/h3-14H,2H2,1H3,(H,25,27)(H,26,28). The average molecular weight is 385 g/mol. The number of hydrogen-bond acceptors (Lipinski definition) is 4. The van der Waals surface area contributed by atoms with E-state index in [0.29, 0.717) is 34.7 Å². The molecular weight excluding hydrogens is 366 g/mol. The number of nitrogens with zero attached hydrogens (tertiary/aromatic N) is 1. The van der Waals surface area contributed by atoms with Crippen LogP contribution in [0.2, 0.25) is 0 Å². The number of hydrogen-bond donors (Lipinski definition) is 2. The van der Waals surface area contributed by atoms with Gasteiger partial charge in [0, 0.05) is 22.5 Å². The van der Waals surface area contributed by atoms with Gasteiger partial charge >= 0.3 is 0 Å². The van der Waals surface area contributed by atoms with Gasteiger partial charge in [-0.2, -0.15) is 5.26 Å². The van der Waals surface area contributed by atoms with Crippen LogP contribution in [-0.4, -0.2) is 18.4 Å². The van der Waals surface area contributed by atoms with Crippen LogP contribution >= 0.6 is 0 Å². The Kier molecular flexibility index (Phi) is 6.23. The van der Waals surface area contributed by atoms with Crippen molar-refractivity contribution < 1.29 is 14.3 Å². The fraction of sp³-hybridized carbons (Fsp3) is 0.0870. The van der Waals surface area contributed by atoms with Crippen molar-refractivity contribution in [2.24, 2.45) is 0 Å². The van der Waals surface area contributed by atoms with E-state index >= 15 is 0 Å². The molecule has 0 bridgehead atoms. The molecule has 0 aliphatic heterocycles. The number of carbonyl (C=O) groups excluding carboxylic acids is 2. The first kappa shape index (κ1) is 19.6. The maximum atomic E-state index is 12.4. The van der Waals surface area contributed by atoms with Crippen LogP contribution in [0, 0.1) is 11.3 Å². The molecule has 0 heterocycles. The van der Waals surface area contributed by atoms with E-state index in [0.717, 1.165) is 5.75 Å². The zero-order valence-electron chi connectivity index (χ0n) is 15.8. The highest BCUT2D eigenvalue weighted by molar-refractivity contribution is 6.07. The van der Waals surface area contributed by atoms with Crippen LogP contribution < -0.4 is 15.4 Å². The van der Waals surface area contributed by atoms with Crippen molar-refractivity contribution in [1.82, 2.24) is 0 Å². The van der Waals surface area contributed by atoms with E-state index in [1.807, 2.05) is 13.0 Å². The van der Waals surface area contributed by atoms with E-state index in [4.69, 9.17) is 10.00 Å². The second-order valence-corrected chi connectivity index (χ2v) is 6.13. The van der Waals surface area contributed by atoms with Gasteiger partial charge in [0.15, 0.2) is 0 Å². The van der Waals surface area contributed by atoms with Crippen LogP contribution in [0.15, 0.2) is 72.8 Å². The molecule has 29 heavy (non-hydrogen) atoms. The number of nitriles is 1. The number of nitrogens with one attached hydrogen (secondary N) is 2. The molecule has 3 aromatic carbocycles. The van der Waals surface area contributed by atoms with Crippen molar-refractivity contribution in [3.63, 3.8) is 0 Å². The largest absolute Gasteiger partial charge is 0.494 e. The Bertz CT molecular complexity index is 1030. The molecule has 0 unspecified atom stereocenters. The third-order valence-corrected chi connectivity index (χ3v) is 4.10. The van der Waals surface area contributed by atoms with Crippen LogP contribution in [0.4, 0.5) is 11.4 Å². The van der Waals surface area contributed by atoms with E-state index in [-0.39, 0.29) is 11.8 Å². The van der Waals surface area contributed by atoms with E-state index < -0.39 is 0 Å². The molecule has 144 valence electrons. The van der Waals surface area contributed by atoms with Gasteiger partial charge < -0.3 is 15.4 Å². The zero-order valence-corrected chi connectivity index (χ0v) is 15.8. The van der Waals surface area contributed by atoms with Gasteiger partial charge in [0.1, 0.15) is 5.75 Å². The number of rotatable bonds is 6. The molecule has 6 heteroatoms. The first-order valence-electron chi connectivity index (χ1n) is 9.05. The molecule has 3 aromatic rings. The fourth-order valence-electron chi connectivity index (χ4n) is 2.61. The van der Waals surface area contributed by atoms with Crippen molar-refractivity contribution in [3.05, 3.63) is 89.5 Å². The summed E-state index contributed by atoms with van der Waals surface area (Å²) >= 11 is 0. The summed E-state index contributed by atoms with van der Waals surface area (Å²) in [5.74, 6) is 0.171. The molecular formula is C23H19N3O3. The first-order chi connectivity index (χ1) is 14.1. The maximum Gasteiger partial charge on any atom is 0.255 e. The highest BCUT2D eigenvalue weighted by Crippen LogP contribution is 2.17. The predicted octanol–water partition coefficient (Wildman–Crippen LogP) is 4.46. The van der Waals surface area contributed by atoms with Crippen LogP contribution in [0.5, 0.6) is 5.75 Å². The Morgan fingerprint density at radius 1 is 0.793 bits per heavy atom. The summed E-state index contributed by atoms with van der Waals surface area (Å²) in [4.78, 5) is 24.7. The van der Waals surface area contributed by atoms with Crippen molar-refractivity contribution in [1.29, 1.82) is 5.26 Å². The number of carbonyl (C=O) groups is 2. The molecule has 0 radical (unpaired) electrons. The lowest BCUT2D eigenvalue weighted by Gasteiger charge is -2.08. The molecule has 0 atom stereocenters. The zero-order chi connectivity index (χ0) is 20.6. The summed E-state index contributed by atoms with van der Waals surface area (Å²) in [5, 5.41) is 14.4. The van der Waals surface area contributed by atoms with E-state index in [9.17, 15) is 9.59 Å². The maximum absolute atomic E-state index is 12.4. The lowest BCUT2D eigenvalue weighted by atomic mass is 10.1. The minimum absolute atomic E-state index is 0.270. The second kappa shape index (κ2) is 9.20. The molecule has 0 aliphatic carbocycles. The van der Waals surface area contributed by atoms with Gasteiger partial charge in [-0.25, -0.2) is 0 Å². The molecule has 3 rings (SSSR count). The monoisotopic (exact) mass is 385 g/mol. The number of benzene rings is 3. The molecule has 0 saturated heterocycles. The lowest BCUT2D eigenvalue weighted by Crippen LogP contribution is -2.14. The molecule has 0 fully saturated rings. The molecule has 0 aliphatic rings. The van der Waals surface area contributed by atoms with Gasteiger partial charge in [-0.1, -0.05) is 0 Å². The fourth-order valence-corrected chi connectivity index (χ4v) is 2.61. The van der Waals surface area contributed by atoms with Crippen molar-refractivity contribution in [2.45, 2.75) is 6.92 Å². The molecule has 2 amide bonds. The Morgan fingerprint density at radius 3 is 1.66 bits per heavy atom. The summed E-state index contributed by atoms with van der Waals surface area (Å²) < 4.78 is 5.38. The summed E-state index contributed by atoms with van der Waals surface area (Å²) in [7, 11) is 0. The Morgan fingerprint density at radius 2 is 1.24 bits per heavy atom. The van der Waals surface area contributed by atoms with Gasteiger partial charge in [-0.15, -0.1) is 0 Å². The Labute approximate surface area is 168 Å². The minimum atomic E-state index is -0.298. The lowest BCUT2D eigenvalue weighted by molar-refractivity contribution is 0.101. The van der Waals surface area contributed by atoms with Crippen LogP contribution in [0.3, 0.4) is 0 Å². The number of amides is 2. The van der Waals surface area contributed by atoms with E-state index in [1.165, 1.54) is 0 Å². The van der Waals surface area contributed by atoms with Gasteiger partial charge in [-0.05, 0) is 79.7 Å². The third kappa shape index (κ3) is 5.21. The molecule has 0 aromatic heterocycles. The molecule has 0 saturated carbocycles. The third-order valence-electron chi connectivity index (χ3n) is 4.10. The topological polar surface area (TPSA) is 91.2 Å². The summed E-state index contributed by atoms with van der Waals surface area (Å²) in [6.45, 7) is 2.49. The highest BCUT2D eigenvalue weighted by atomic mass is 16.5. The highest BCUT2D eigenvalue weighted by Gasteiger charge is 2.10. The molecule has 2 N–H and O–H groups in total. The van der Waals surface area contributed by atoms with Gasteiger partial charge in [0.25, 0.3) is 11.8 Å². The number of anilines is 2. The van der Waals surface area contributed by atoms with Crippen LogP contribution in [0.25, 0.3) is 0 Å². The van der Waals surface area contributed by atoms with Crippen molar-refractivity contribution >= 4 is 23.2 Å². The predicted molar refractivity (Wildman–Crippen MR) is 111 cm³/mol. The van der Waals surface area contributed by atoms with E-state index in [2.05, 4.69) is 10.6 Å². The molecule has 0 spiro atoms. The van der Waals surface area contributed by atoms with Gasteiger partial charge in [0.05, 0.1) is 18.2 Å². The molecule has 6 nitrogen and oxygen atoms in total. The van der Waals surface area contributed by atoms with Crippen LogP contribution in [-0.2, 0) is 0 Å². The first-order valence-corrected chi connectivity index (χ1v) is 9.05. The summed E-state index contributed by atoms with van der Waals surface area (Å²) in [6.07, 6.45) is 0. The second-order valence-electron chi connectivity index (χ2n) is 6.13. The van der Waals surface area contributed by atoms with Crippen LogP contribution in [0.1, 0.15) is 33.2 Å². The Hall–Kier alpha value is -4.11. The van der Waals surface area contributed by atoms with E-state index in [1.54, 1.807) is 72.8 Å². The van der Waals surface area contributed by atoms with Crippen molar-refractivity contribution in [3.8, 4) is 11.8 Å². The smallest absolute Gasteiger partial charge is 0.255 e. The number of ether oxygens (including phenoxy) is 1. The average Bonchev–Trinajstić information content (AvgIpc) is 2.76. The quantitative estimate of drug-likeness (QED) is 0.655. The van der Waals surface area contributed by atoms with Gasteiger partial charge in [0.2, 0.25) is 0 Å². The minimum Gasteiger partial charge on any atom is -0.494 e. The van der Waals surface area contributed by atoms with Gasteiger partial charge in [-0.3, -0.25) is 9.59 Å². The van der Waals surface area contributed by atoms with Crippen molar-refractivity contribution in [2.75, 3.05) is 17.2 Å². The SMILES string of the molecule is CCOc1ccc(NC(=O)c2ccc(C(=O)Nc3ccc(C#N)cc3)cc2)cc1. The normalized spacial score (nSPS) is 9.93. The Balaban J connectivity index is 1.61. The summed E-state index contributed by atoms with van der Waals surface area (Å²) in [5.41, 5.74) is 2.62. The summed E-state index contributed by atoms with van der Waals surface area (Å²) in [6, 6.07) is 22.1.